The molecule has 2 fully saturated rings. The summed E-state index contributed by atoms with van der Waals surface area (Å²) < 4.78 is 44.4. The summed E-state index contributed by atoms with van der Waals surface area (Å²) in [6, 6.07) is 19.0. The van der Waals surface area contributed by atoms with Gasteiger partial charge in [0.1, 0.15) is 29.5 Å². The van der Waals surface area contributed by atoms with Gasteiger partial charge >= 0.3 is 5.97 Å². The average molecular weight is 619 g/mol. The van der Waals surface area contributed by atoms with Crippen molar-refractivity contribution in [3.05, 3.63) is 77.4 Å². The van der Waals surface area contributed by atoms with Crippen LogP contribution in [0.1, 0.15) is 60.0 Å². The van der Waals surface area contributed by atoms with Crippen LogP contribution in [0.4, 0.5) is 0 Å². The van der Waals surface area contributed by atoms with Gasteiger partial charge in [0.05, 0.1) is 45.2 Å². The van der Waals surface area contributed by atoms with Gasteiger partial charge in [0.2, 0.25) is 0 Å². The Morgan fingerprint density at radius 2 is 1.20 bits per heavy atom. The number of carbonyl (C=O) groups is 1. The van der Waals surface area contributed by atoms with Crippen LogP contribution in [0.25, 0.3) is 11.1 Å². The molecule has 3 atom stereocenters. The fraction of sp³-hybridized carbons (Fsp3) is 0.472. The lowest BCUT2D eigenvalue weighted by Gasteiger charge is -2.11. The average Bonchev–Trinajstić information content (AvgIpc) is 4.00. The minimum Gasteiger partial charge on any atom is -0.494 e. The predicted molar refractivity (Wildman–Crippen MR) is 167 cm³/mol. The van der Waals surface area contributed by atoms with Gasteiger partial charge in [-0.1, -0.05) is 19.1 Å². The van der Waals surface area contributed by atoms with Crippen LogP contribution < -0.4 is 14.2 Å². The summed E-state index contributed by atoms with van der Waals surface area (Å²) in [6.07, 6.45) is 4.31. The van der Waals surface area contributed by atoms with E-state index in [9.17, 15) is 4.79 Å². The molecule has 9 nitrogen and oxygen atoms in total. The second-order valence-electron chi connectivity index (χ2n) is 11.6. The van der Waals surface area contributed by atoms with E-state index in [1.54, 1.807) is 24.3 Å². The molecule has 45 heavy (non-hydrogen) atoms. The van der Waals surface area contributed by atoms with Gasteiger partial charge in [-0.05, 0) is 96.5 Å². The summed E-state index contributed by atoms with van der Waals surface area (Å²) in [7, 11) is 0. The van der Waals surface area contributed by atoms with E-state index in [1.807, 2.05) is 24.3 Å². The molecule has 1 aliphatic carbocycles. The van der Waals surface area contributed by atoms with E-state index >= 15 is 0 Å². The third-order valence-electron chi connectivity index (χ3n) is 8.07. The van der Waals surface area contributed by atoms with Crippen LogP contribution in [-0.4, -0.2) is 77.8 Å². The maximum Gasteiger partial charge on any atom is 0.343 e. The Labute approximate surface area is 264 Å². The number of benzene rings is 3. The fourth-order valence-electron chi connectivity index (χ4n) is 5.29. The lowest BCUT2D eigenvalue weighted by Crippen LogP contribution is -2.09. The maximum atomic E-state index is 12.9. The summed E-state index contributed by atoms with van der Waals surface area (Å²) in [5, 5.41) is 0. The topological polar surface area (TPSA) is 97.5 Å². The van der Waals surface area contributed by atoms with Gasteiger partial charge in [-0.15, -0.1) is 0 Å². The molecule has 3 aliphatic rings. The molecule has 0 amide bonds. The molecule has 6 rings (SSSR count). The molecule has 9 heteroatoms. The molecule has 3 aromatic rings. The van der Waals surface area contributed by atoms with Crippen LogP contribution in [0, 0.1) is 0 Å². The monoisotopic (exact) mass is 618 g/mol. The third kappa shape index (κ3) is 9.28. The molecule has 3 unspecified atom stereocenters. The molecular weight excluding hydrogens is 576 g/mol. The highest BCUT2D eigenvalue weighted by Gasteiger charge is 2.27. The number of esters is 1. The minimum absolute atomic E-state index is 0.134. The molecule has 2 heterocycles. The Kier molecular flexibility index (Phi) is 11.0. The molecule has 0 spiro atoms. The van der Waals surface area contributed by atoms with Gasteiger partial charge in [-0.3, -0.25) is 0 Å². The van der Waals surface area contributed by atoms with Crippen molar-refractivity contribution in [2.45, 2.75) is 50.7 Å². The van der Waals surface area contributed by atoms with Crippen molar-refractivity contribution in [3.8, 4) is 28.4 Å². The van der Waals surface area contributed by atoms with Gasteiger partial charge in [0, 0.05) is 19.1 Å². The SMILES string of the molecule is CC1c2cc(OCOCCCCOCC3CO3)ccc2-c2ccc(OC(=O)c3ccc(OCCCCOCC4CO4)cc3)cc21. The highest BCUT2D eigenvalue weighted by molar-refractivity contribution is 5.91. The molecule has 0 bridgehead atoms. The van der Waals surface area contributed by atoms with Gasteiger partial charge in [0.25, 0.3) is 0 Å². The van der Waals surface area contributed by atoms with Gasteiger partial charge in [-0.25, -0.2) is 4.79 Å². The molecule has 0 radical (unpaired) electrons. The summed E-state index contributed by atoms with van der Waals surface area (Å²) in [6.45, 7) is 8.03. The predicted octanol–water partition coefficient (Wildman–Crippen LogP) is 6.16. The van der Waals surface area contributed by atoms with Crippen molar-refractivity contribution >= 4 is 5.97 Å². The molecule has 0 aromatic heterocycles. The first-order valence-electron chi connectivity index (χ1n) is 16.0. The largest absolute Gasteiger partial charge is 0.494 e. The van der Waals surface area contributed by atoms with E-state index < -0.39 is 5.97 Å². The van der Waals surface area contributed by atoms with Gasteiger partial charge in [-0.2, -0.15) is 0 Å². The van der Waals surface area contributed by atoms with Crippen molar-refractivity contribution < 1.29 is 42.7 Å². The molecule has 3 aromatic carbocycles. The van der Waals surface area contributed by atoms with E-state index in [0.29, 0.717) is 56.6 Å². The quantitative estimate of drug-likeness (QED) is 0.0485. The van der Waals surface area contributed by atoms with E-state index in [-0.39, 0.29) is 12.7 Å². The molecule has 0 N–H and O–H groups in total. The smallest absolute Gasteiger partial charge is 0.343 e. The number of hydrogen-bond acceptors (Lipinski definition) is 9. The van der Waals surface area contributed by atoms with E-state index in [0.717, 1.165) is 73.7 Å². The lowest BCUT2D eigenvalue weighted by atomic mass is 9.99. The van der Waals surface area contributed by atoms with Crippen LogP contribution in [0.2, 0.25) is 0 Å². The standard InChI is InChI=1S/C36H42O9/c1-25-34-18-28(44-24-40-16-3-2-14-38-20-30-22-42-30)10-12-32(34)33-13-11-29(19-35(25)33)45-36(37)26-6-8-27(9-7-26)41-17-5-4-15-39-21-31-23-43-31/h6-13,18-19,25,30-31H,2-5,14-17,20-24H2,1H3. The second kappa shape index (κ2) is 15.7. The zero-order valence-electron chi connectivity index (χ0n) is 25.9. The first-order valence-corrected chi connectivity index (χ1v) is 16.0. The number of carbonyl (C=O) groups excluding carboxylic acids is 1. The summed E-state index contributed by atoms with van der Waals surface area (Å²) >= 11 is 0. The number of ether oxygens (including phenoxy) is 8. The number of epoxide rings is 2. The van der Waals surface area contributed by atoms with Gasteiger partial charge < -0.3 is 37.9 Å². The van der Waals surface area contributed by atoms with Crippen LogP contribution in [0.3, 0.4) is 0 Å². The molecule has 0 saturated carbocycles. The van der Waals surface area contributed by atoms with E-state index in [1.165, 1.54) is 5.56 Å². The number of rotatable bonds is 20. The number of hydrogen-bond donors (Lipinski definition) is 0. The number of fused-ring (bicyclic) bond motifs is 3. The van der Waals surface area contributed by atoms with Crippen molar-refractivity contribution in [3.63, 3.8) is 0 Å². The fourth-order valence-corrected chi connectivity index (χ4v) is 5.29. The zero-order valence-corrected chi connectivity index (χ0v) is 25.9. The summed E-state index contributed by atoms with van der Waals surface area (Å²) in [4.78, 5) is 12.9. The van der Waals surface area contributed by atoms with Crippen LogP contribution in [0.5, 0.6) is 17.2 Å². The van der Waals surface area contributed by atoms with Crippen molar-refractivity contribution in [1.29, 1.82) is 0 Å². The molecular formula is C36H42O9. The highest BCUT2D eigenvalue weighted by Crippen LogP contribution is 2.47. The van der Waals surface area contributed by atoms with Gasteiger partial charge in [0.15, 0.2) is 6.79 Å². The van der Waals surface area contributed by atoms with E-state index in [2.05, 4.69) is 19.1 Å². The lowest BCUT2D eigenvalue weighted by molar-refractivity contribution is 0.0105. The van der Waals surface area contributed by atoms with Crippen LogP contribution in [-0.2, 0) is 23.7 Å². The van der Waals surface area contributed by atoms with E-state index in [4.69, 9.17) is 37.9 Å². The normalized spacial score (nSPS) is 19.1. The first kappa shape index (κ1) is 31.5. The molecule has 2 saturated heterocycles. The number of unbranched alkanes of at least 4 members (excludes halogenated alkanes) is 2. The van der Waals surface area contributed by atoms with Crippen molar-refractivity contribution in [2.75, 3.05) is 59.6 Å². The maximum absolute atomic E-state index is 12.9. The zero-order chi connectivity index (χ0) is 30.8. The summed E-state index contributed by atoms with van der Waals surface area (Å²) in [5.41, 5.74) is 5.07. The Morgan fingerprint density at radius 1 is 0.667 bits per heavy atom. The third-order valence-corrected chi connectivity index (χ3v) is 8.07. The minimum atomic E-state index is -0.405. The summed E-state index contributed by atoms with van der Waals surface area (Å²) in [5.74, 6) is 1.74. The highest BCUT2D eigenvalue weighted by atomic mass is 16.7. The Balaban J connectivity index is 0.922. The first-order chi connectivity index (χ1) is 22.1. The Hall–Kier alpha value is -3.47. The van der Waals surface area contributed by atoms with Crippen LogP contribution in [0.15, 0.2) is 60.7 Å². The Bertz CT molecular complexity index is 1400. The second-order valence-corrected chi connectivity index (χ2v) is 11.6. The van der Waals surface area contributed by atoms with Crippen molar-refractivity contribution in [1.82, 2.24) is 0 Å². The molecule has 240 valence electrons. The van der Waals surface area contributed by atoms with Crippen LogP contribution >= 0.6 is 0 Å². The van der Waals surface area contributed by atoms with Crippen molar-refractivity contribution in [2.24, 2.45) is 0 Å². The molecule has 2 aliphatic heterocycles. The Morgan fingerprint density at radius 3 is 1.82 bits per heavy atom.